The SMILES string of the molecule is CN1CCCC1.Cc1c[nH]c2cccc(OCc3ccccc3)c12. The highest BCUT2D eigenvalue weighted by atomic mass is 16.5. The molecule has 0 radical (unpaired) electrons. The molecule has 4 rings (SSSR count). The van der Waals surface area contributed by atoms with Crippen LogP contribution >= 0.6 is 0 Å². The first kappa shape index (κ1) is 16.6. The van der Waals surface area contributed by atoms with Crippen LogP contribution in [0.3, 0.4) is 0 Å². The van der Waals surface area contributed by atoms with Crippen molar-refractivity contribution < 1.29 is 4.74 Å². The summed E-state index contributed by atoms with van der Waals surface area (Å²) in [5, 5.41) is 1.17. The fourth-order valence-electron chi connectivity index (χ4n) is 3.05. The summed E-state index contributed by atoms with van der Waals surface area (Å²) in [7, 11) is 2.17. The van der Waals surface area contributed by atoms with Crippen molar-refractivity contribution in [3.63, 3.8) is 0 Å². The van der Waals surface area contributed by atoms with Gasteiger partial charge in [-0.3, -0.25) is 0 Å². The standard InChI is InChI=1S/C16H15NO.C5H11N/c1-12-10-17-14-8-5-9-15(16(12)14)18-11-13-6-3-2-4-7-13;1-6-4-2-3-5-6/h2-10,17H,11H2,1H3;2-5H2,1H3. The molecule has 2 heterocycles. The molecule has 1 aliphatic heterocycles. The summed E-state index contributed by atoms with van der Waals surface area (Å²) in [5.41, 5.74) is 3.52. The molecule has 24 heavy (non-hydrogen) atoms. The normalized spacial score (nSPS) is 14.4. The van der Waals surface area contributed by atoms with Crippen molar-refractivity contribution in [2.75, 3.05) is 20.1 Å². The molecule has 0 saturated carbocycles. The quantitative estimate of drug-likeness (QED) is 0.752. The lowest BCUT2D eigenvalue weighted by molar-refractivity contribution is 0.310. The van der Waals surface area contributed by atoms with Gasteiger partial charge in [-0.15, -0.1) is 0 Å². The van der Waals surface area contributed by atoms with Crippen molar-refractivity contribution in [1.29, 1.82) is 0 Å². The van der Waals surface area contributed by atoms with Gasteiger partial charge in [0, 0.05) is 17.1 Å². The van der Waals surface area contributed by atoms with Gasteiger partial charge in [-0.2, -0.15) is 0 Å². The smallest absolute Gasteiger partial charge is 0.129 e. The van der Waals surface area contributed by atoms with E-state index in [-0.39, 0.29) is 0 Å². The zero-order valence-corrected chi connectivity index (χ0v) is 14.6. The summed E-state index contributed by atoms with van der Waals surface area (Å²) >= 11 is 0. The lowest BCUT2D eigenvalue weighted by atomic mass is 10.2. The van der Waals surface area contributed by atoms with Gasteiger partial charge in [-0.1, -0.05) is 36.4 Å². The van der Waals surface area contributed by atoms with E-state index in [4.69, 9.17) is 4.74 Å². The molecule has 0 amide bonds. The second-order valence-electron chi connectivity index (χ2n) is 6.44. The number of benzene rings is 2. The second-order valence-corrected chi connectivity index (χ2v) is 6.44. The highest BCUT2D eigenvalue weighted by Crippen LogP contribution is 2.28. The topological polar surface area (TPSA) is 28.3 Å². The molecule has 3 aromatic rings. The predicted octanol–water partition coefficient (Wildman–Crippen LogP) is 4.77. The highest BCUT2D eigenvalue weighted by Gasteiger charge is 2.06. The number of ether oxygens (including phenoxy) is 1. The maximum atomic E-state index is 5.92. The van der Waals surface area contributed by atoms with Crippen molar-refractivity contribution in [2.45, 2.75) is 26.4 Å². The van der Waals surface area contributed by atoms with Crippen LogP contribution in [0.2, 0.25) is 0 Å². The average molecular weight is 322 g/mol. The summed E-state index contributed by atoms with van der Waals surface area (Å²) < 4.78 is 5.92. The summed E-state index contributed by atoms with van der Waals surface area (Å²) in [6.45, 7) is 5.33. The minimum Gasteiger partial charge on any atom is -0.488 e. The number of hydrogen-bond donors (Lipinski definition) is 1. The van der Waals surface area contributed by atoms with Crippen molar-refractivity contribution >= 4 is 10.9 Å². The molecule has 1 aliphatic rings. The Morgan fingerprint density at radius 1 is 1.00 bits per heavy atom. The van der Waals surface area contributed by atoms with Gasteiger partial charge in [0.2, 0.25) is 0 Å². The molecular weight excluding hydrogens is 296 g/mol. The van der Waals surface area contributed by atoms with E-state index in [2.05, 4.69) is 42.1 Å². The minimum atomic E-state index is 0.602. The first-order valence-corrected chi connectivity index (χ1v) is 8.66. The van der Waals surface area contributed by atoms with Crippen LogP contribution in [0.5, 0.6) is 5.75 Å². The van der Waals surface area contributed by atoms with Crippen LogP contribution < -0.4 is 4.74 Å². The number of aromatic nitrogens is 1. The molecule has 1 saturated heterocycles. The Morgan fingerprint density at radius 3 is 2.42 bits per heavy atom. The van der Waals surface area contributed by atoms with Gasteiger partial charge in [0.15, 0.2) is 0 Å². The number of nitrogens with one attached hydrogen (secondary N) is 1. The van der Waals surface area contributed by atoms with E-state index >= 15 is 0 Å². The fraction of sp³-hybridized carbons (Fsp3) is 0.333. The number of hydrogen-bond acceptors (Lipinski definition) is 2. The van der Waals surface area contributed by atoms with Gasteiger partial charge in [-0.25, -0.2) is 0 Å². The summed E-state index contributed by atoms with van der Waals surface area (Å²) in [6, 6.07) is 16.3. The zero-order chi connectivity index (χ0) is 16.8. The third-order valence-corrected chi connectivity index (χ3v) is 4.43. The molecule has 1 N–H and O–H groups in total. The van der Waals surface area contributed by atoms with Gasteiger partial charge in [0.1, 0.15) is 12.4 Å². The maximum Gasteiger partial charge on any atom is 0.129 e. The number of aromatic amines is 1. The van der Waals surface area contributed by atoms with Crippen LogP contribution in [-0.2, 0) is 6.61 Å². The van der Waals surface area contributed by atoms with E-state index in [1.165, 1.54) is 42.4 Å². The van der Waals surface area contributed by atoms with E-state index in [1.54, 1.807) is 0 Å². The lowest BCUT2D eigenvalue weighted by Crippen LogP contribution is -2.10. The van der Waals surface area contributed by atoms with Gasteiger partial charge in [0.05, 0.1) is 0 Å². The first-order chi connectivity index (χ1) is 11.7. The van der Waals surface area contributed by atoms with Crippen LogP contribution in [0.4, 0.5) is 0 Å². The molecule has 1 aromatic heterocycles. The number of fused-ring (bicyclic) bond motifs is 1. The predicted molar refractivity (Wildman–Crippen MR) is 101 cm³/mol. The Kier molecular flexibility index (Phi) is 5.55. The molecule has 126 valence electrons. The maximum absolute atomic E-state index is 5.92. The summed E-state index contributed by atoms with van der Waals surface area (Å²) in [4.78, 5) is 5.61. The molecule has 1 fully saturated rings. The largest absolute Gasteiger partial charge is 0.488 e. The molecule has 3 nitrogen and oxygen atoms in total. The van der Waals surface area contributed by atoms with E-state index in [0.29, 0.717) is 6.61 Å². The number of H-pyrrole nitrogens is 1. The van der Waals surface area contributed by atoms with Gasteiger partial charge in [-0.05, 0) is 63.2 Å². The van der Waals surface area contributed by atoms with E-state index < -0.39 is 0 Å². The Labute approximate surface area is 144 Å². The summed E-state index contributed by atoms with van der Waals surface area (Å²) in [6.07, 6.45) is 4.84. The minimum absolute atomic E-state index is 0.602. The van der Waals surface area contributed by atoms with Gasteiger partial charge in [0.25, 0.3) is 0 Å². The van der Waals surface area contributed by atoms with Crippen molar-refractivity contribution in [1.82, 2.24) is 9.88 Å². The third kappa shape index (κ3) is 4.18. The molecule has 0 spiro atoms. The van der Waals surface area contributed by atoms with E-state index in [0.717, 1.165) is 11.3 Å². The average Bonchev–Trinajstić information content (AvgIpc) is 3.24. The van der Waals surface area contributed by atoms with Crippen LogP contribution in [-0.4, -0.2) is 30.0 Å². The molecule has 3 heteroatoms. The Bertz CT molecular complexity index is 758. The Hall–Kier alpha value is -2.26. The number of rotatable bonds is 3. The fourth-order valence-corrected chi connectivity index (χ4v) is 3.05. The third-order valence-electron chi connectivity index (χ3n) is 4.43. The van der Waals surface area contributed by atoms with Crippen LogP contribution in [0.15, 0.2) is 54.7 Å². The van der Waals surface area contributed by atoms with Gasteiger partial charge >= 0.3 is 0 Å². The zero-order valence-electron chi connectivity index (χ0n) is 14.6. The van der Waals surface area contributed by atoms with Crippen LogP contribution in [0.25, 0.3) is 10.9 Å². The second kappa shape index (κ2) is 8.02. The van der Waals surface area contributed by atoms with E-state index in [9.17, 15) is 0 Å². The molecule has 0 aliphatic carbocycles. The molecular formula is C21H26N2O. The molecule has 0 atom stereocenters. The molecule has 0 bridgehead atoms. The van der Waals surface area contributed by atoms with Crippen LogP contribution in [0, 0.1) is 6.92 Å². The van der Waals surface area contributed by atoms with Crippen molar-refractivity contribution in [2.24, 2.45) is 0 Å². The first-order valence-electron chi connectivity index (χ1n) is 8.66. The number of nitrogens with zero attached hydrogens (tertiary/aromatic N) is 1. The molecule has 2 aromatic carbocycles. The monoisotopic (exact) mass is 322 g/mol. The van der Waals surface area contributed by atoms with Gasteiger partial charge < -0.3 is 14.6 Å². The van der Waals surface area contributed by atoms with Crippen LogP contribution in [0.1, 0.15) is 24.0 Å². The van der Waals surface area contributed by atoms with E-state index in [1.807, 2.05) is 36.5 Å². The Morgan fingerprint density at radius 2 is 1.75 bits per heavy atom. The van der Waals surface area contributed by atoms with Crippen molar-refractivity contribution in [3.05, 3.63) is 65.9 Å². The Balaban J connectivity index is 0.000000238. The highest BCUT2D eigenvalue weighted by molar-refractivity contribution is 5.89. The van der Waals surface area contributed by atoms with Crippen molar-refractivity contribution in [3.8, 4) is 5.75 Å². The number of likely N-dealkylation sites (tertiary alicyclic amines) is 1. The lowest BCUT2D eigenvalue weighted by Gasteiger charge is -2.08. The molecule has 0 unspecified atom stereocenters. The number of aryl methyl sites for hydroxylation is 1. The summed E-state index contributed by atoms with van der Waals surface area (Å²) in [5.74, 6) is 0.940.